The van der Waals surface area contributed by atoms with Gasteiger partial charge in [0.15, 0.2) is 6.29 Å². The van der Waals surface area contributed by atoms with Crippen LogP contribution < -0.4 is 0 Å². The predicted octanol–water partition coefficient (Wildman–Crippen LogP) is 1.87. The van der Waals surface area contributed by atoms with Crippen LogP contribution >= 0.6 is 0 Å². The van der Waals surface area contributed by atoms with Crippen LogP contribution in [0, 0.1) is 0 Å². The van der Waals surface area contributed by atoms with E-state index in [9.17, 15) is 10.2 Å². The summed E-state index contributed by atoms with van der Waals surface area (Å²) < 4.78 is 53.6. The highest BCUT2D eigenvalue weighted by atomic mass is 16.8. The highest BCUT2D eigenvalue weighted by Crippen LogP contribution is 2.39. The van der Waals surface area contributed by atoms with Gasteiger partial charge in [-0.1, -0.05) is 36.5 Å². The number of rotatable bonds is 23. The maximum absolute atomic E-state index is 11.6. The molecule has 41 heavy (non-hydrogen) atoms. The van der Waals surface area contributed by atoms with Crippen molar-refractivity contribution in [1.29, 1.82) is 0 Å². The van der Waals surface area contributed by atoms with Crippen molar-refractivity contribution >= 4 is 0 Å². The monoisotopic (exact) mass is 582 g/mol. The summed E-state index contributed by atoms with van der Waals surface area (Å²) in [5, 5.41) is 23.0. The minimum Gasteiger partial charge on any atom is -0.387 e. The number of aliphatic hydroxyl groups is 2. The SMILES string of the molecule is C=CCOC[C@H]1O[C@@](COCC=C)(O[C@H]2O[C@H](COCC=C)[C@@H](OCC=C)[C@H](O)[C@H]2OCC=C)[C@@H](O)[C@@H]1OCC=C. The molecule has 11 heteroatoms. The molecule has 2 N–H and O–H groups in total. The molecule has 0 aliphatic carbocycles. The van der Waals surface area contributed by atoms with Gasteiger partial charge in [-0.25, -0.2) is 0 Å². The van der Waals surface area contributed by atoms with Gasteiger partial charge in [-0.2, -0.15) is 0 Å². The molecule has 2 fully saturated rings. The number of aliphatic hydroxyl groups excluding tert-OH is 2. The zero-order valence-electron chi connectivity index (χ0n) is 23.8. The van der Waals surface area contributed by atoms with Crippen molar-refractivity contribution in [1.82, 2.24) is 0 Å². The molecule has 0 amide bonds. The van der Waals surface area contributed by atoms with E-state index in [1.165, 1.54) is 6.08 Å². The number of hydrogen-bond donors (Lipinski definition) is 2. The first-order valence-corrected chi connectivity index (χ1v) is 13.5. The van der Waals surface area contributed by atoms with E-state index >= 15 is 0 Å². The molecule has 232 valence electrons. The lowest BCUT2D eigenvalue weighted by atomic mass is 9.98. The molecular formula is C30H46O11. The Kier molecular flexibility index (Phi) is 16.5. The van der Waals surface area contributed by atoms with E-state index in [4.69, 9.17) is 42.6 Å². The molecule has 0 aromatic carbocycles. The highest BCUT2D eigenvalue weighted by Gasteiger charge is 2.60. The van der Waals surface area contributed by atoms with E-state index in [0.29, 0.717) is 0 Å². The summed E-state index contributed by atoms with van der Waals surface area (Å²) in [6, 6.07) is 0. The Morgan fingerprint density at radius 2 is 1.10 bits per heavy atom. The molecule has 9 atom stereocenters. The van der Waals surface area contributed by atoms with Crippen molar-refractivity contribution in [3.63, 3.8) is 0 Å². The largest absolute Gasteiger partial charge is 0.387 e. The van der Waals surface area contributed by atoms with Crippen LogP contribution in [-0.4, -0.2) is 124 Å². The van der Waals surface area contributed by atoms with Gasteiger partial charge in [0.2, 0.25) is 5.79 Å². The summed E-state index contributed by atoms with van der Waals surface area (Å²) >= 11 is 0. The van der Waals surface area contributed by atoms with Crippen LogP contribution in [0.2, 0.25) is 0 Å². The van der Waals surface area contributed by atoms with Crippen molar-refractivity contribution in [2.24, 2.45) is 0 Å². The molecule has 0 unspecified atom stereocenters. The molecule has 0 aromatic heterocycles. The van der Waals surface area contributed by atoms with E-state index in [-0.39, 0.29) is 59.5 Å². The van der Waals surface area contributed by atoms with Gasteiger partial charge in [-0.15, -0.1) is 39.5 Å². The maximum atomic E-state index is 11.6. The molecule has 0 radical (unpaired) electrons. The van der Waals surface area contributed by atoms with Crippen LogP contribution in [0.15, 0.2) is 75.9 Å². The maximum Gasteiger partial charge on any atom is 0.224 e. The molecule has 0 saturated carbocycles. The fourth-order valence-electron chi connectivity index (χ4n) is 4.49. The van der Waals surface area contributed by atoms with Gasteiger partial charge in [0.25, 0.3) is 0 Å². The molecular weight excluding hydrogens is 536 g/mol. The molecule has 11 nitrogen and oxygen atoms in total. The topological polar surface area (TPSA) is 124 Å². The lowest BCUT2D eigenvalue weighted by Crippen LogP contribution is -2.64. The van der Waals surface area contributed by atoms with E-state index in [0.717, 1.165) is 0 Å². The Bertz CT molecular complexity index is 818. The lowest BCUT2D eigenvalue weighted by molar-refractivity contribution is -0.390. The molecule has 0 aromatic rings. The smallest absolute Gasteiger partial charge is 0.224 e. The summed E-state index contributed by atoms with van der Waals surface area (Å²) in [5.41, 5.74) is 0. The minimum atomic E-state index is -1.81. The first kappa shape index (κ1) is 35.2. The Morgan fingerprint density at radius 3 is 1.66 bits per heavy atom. The van der Waals surface area contributed by atoms with Crippen LogP contribution in [-0.2, 0) is 42.6 Å². The van der Waals surface area contributed by atoms with Crippen molar-refractivity contribution < 1.29 is 52.8 Å². The number of hydrogen-bond acceptors (Lipinski definition) is 11. The zero-order chi connectivity index (χ0) is 30.1. The average molecular weight is 583 g/mol. The third-order valence-electron chi connectivity index (χ3n) is 6.21. The summed E-state index contributed by atoms with van der Waals surface area (Å²) in [5.74, 6) is -1.81. The molecule has 2 rings (SSSR count). The van der Waals surface area contributed by atoms with E-state index in [1.54, 1.807) is 30.4 Å². The minimum absolute atomic E-state index is 0.0470. The van der Waals surface area contributed by atoms with E-state index in [2.05, 4.69) is 39.5 Å². The lowest BCUT2D eigenvalue weighted by Gasteiger charge is -2.46. The summed E-state index contributed by atoms with van der Waals surface area (Å²) in [7, 11) is 0. The molecule has 2 aliphatic heterocycles. The van der Waals surface area contributed by atoms with Crippen molar-refractivity contribution in [3.05, 3.63) is 75.9 Å². The van der Waals surface area contributed by atoms with Crippen LogP contribution in [0.3, 0.4) is 0 Å². The summed E-state index contributed by atoms with van der Waals surface area (Å²) in [6.45, 7) is 23.0. The van der Waals surface area contributed by atoms with Crippen LogP contribution in [0.1, 0.15) is 0 Å². The van der Waals surface area contributed by atoms with Gasteiger partial charge in [0.1, 0.15) is 49.3 Å². The van der Waals surface area contributed by atoms with Gasteiger partial charge in [0.05, 0.1) is 52.9 Å². The van der Waals surface area contributed by atoms with E-state index < -0.39 is 54.8 Å². The second-order valence-corrected chi connectivity index (χ2v) is 9.28. The molecule has 2 saturated heterocycles. The molecule has 2 aliphatic rings. The second kappa shape index (κ2) is 19.2. The fraction of sp³-hybridized carbons (Fsp3) is 0.600. The van der Waals surface area contributed by atoms with Crippen LogP contribution in [0.5, 0.6) is 0 Å². The Hall–Kier alpha value is -2.00. The average Bonchev–Trinajstić information content (AvgIpc) is 3.21. The first-order chi connectivity index (χ1) is 19.9. The summed E-state index contributed by atoms with van der Waals surface area (Å²) in [6.07, 6.45) is 1.19. The van der Waals surface area contributed by atoms with Gasteiger partial charge < -0.3 is 52.8 Å². The molecule has 0 bridgehead atoms. The van der Waals surface area contributed by atoms with Gasteiger partial charge in [0, 0.05) is 0 Å². The first-order valence-electron chi connectivity index (χ1n) is 13.5. The summed E-state index contributed by atoms with van der Waals surface area (Å²) in [4.78, 5) is 0. The standard InChI is InChI=1S/C30H46O11/c1-7-13-33-19-22-25(36-16-10-4)24(31)27(38-18-12-6)29(39-22)41-30(21-35-15-9-3)28(32)26(37-17-11-5)23(40-30)20-34-14-8-2/h7-12,22-29,31-32H,1-6,13-21H2/t22-,23-,24+,25-,26-,27-,28+,29-,30+/m1/s1. The van der Waals surface area contributed by atoms with Crippen molar-refractivity contribution in [2.45, 2.75) is 54.8 Å². The number of ether oxygens (including phenoxy) is 9. The third-order valence-corrected chi connectivity index (χ3v) is 6.21. The third kappa shape index (κ3) is 10.1. The quantitative estimate of drug-likeness (QED) is 0.136. The van der Waals surface area contributed by atoms with Gasteiger partial charge in [-0.05, 0) is 0 Å². The van der Waals surface area contributed by atoms with Crippen molar-refractivity contribution in [2.75, 3.05) is 59.5 Å². The predicted molar refractivity (Wildman–Crippen MR) is 152 cm³/mol. The highest BCUT2D eigenvalue weighted by molar-refractivity contribution is 5.01. The Morgan fingerprint density at radius 1 is 0.610 bits per heavy atom. The van der Waals surface area contributed by atoms with Crippen LogP contribution in [0.4, 0.5) is 0 Å². The normalized spacial score (nSPS) is 33.2. The van der Waals surface area contributed by atoms with Crippen molar-refractivity contribution in [3.8, 4) is 0 Å². The van der Waals surface area contributed by atoms with Crippen LogP contribution in [0.25, 0.3) is 0 Å². The van der Waals surface area contributed by atoms with Gasteiger partial charge >= 0.3 is 0 Å². The zero-order valence-corrected chi connectivity index (χ0v) is 23.8. The molecule has 0 spiro atoms. The Labute approximate surface area is 243 Å². The molecule has 2 heterocycles. The Balaban J connectivity index is 2.44. The van der Waals surface area contributed by atoms with E-state index in [1.807, 2.05) is 0 Å². The fourth-order valence-corrected chi connectivity index (χ4v) is 4.49. The second-order valence-electron chi connectivity index (χ2n) is 9.28. The van der Waals surface area contributed by atoms with Gasteiger partial charge in [-0.3, -0.25) is 0 Å².